The molecule has 1 aliphatic heterocycles. The highest BCUT2D eigenvalue weighted by atomic mass is 16.5. The summed E-state index contributed by atoms with van der Waals surface area (Å²) in [6.45, 7) is 11.1. The van der Waals surface area contributed by atoms with Gasteiger partial charge in [0.05, 0.1) is 13.2 Å². The molecule has 1 aliphatic carbocycles. The molecule has 1 unspecified atom stereocenters. The van der Waals surface area contributed by atoms with Crippen molar-refractivity contribution >= 4 is 0 Å². The van der Waals surface area contributed by atoms with Crippen LogP contribution in [0.4, 0.5) is 0 Å². The molecule has 112 valence electrons. The minimum atomic E-state index is 0.484. The normalized spacial score (nSPS) is 30.1. The van der Waals surface area contributed by atoms with Crippen molar-refractivity contribution in [2.24, 2.45) is 17.3 Å². The molecular formula is C15H26N4O. The molecule has 2 atom stereocenters. The van der Waals surface area contributed by atoms with Gasteiger partial charge in [0.2, 0.25) is 0 Å². The minimum Gasteiger partial charge on any atom is -0.379 e. The average Bonchev–Trinajstić information content (AvgIpc) is 2.92. The van der Waals surface area contributed by atoms with E-state index in [-0.39, 0.29) is 0 Å². The molecule has 5 heteroatoms. The van der Waals surface area contributed by atoms with E-state index in [0.29, 0.717) is 5.41 Å². The Kier molecular flexibility index (Phi) is 4.08. The number of hydrogen-bond donors (Lipinski definition) is 0. The van der Waals surface area contributed by atoms with Crippen LogP contribution in [0.3, 0.4) is 0 Å². The quantitative estimate of drug-likeness (QED) is 0.821. The first kappa shape index (κ1) is 14.0. The molecule has 0 spiro atoms. The lowest BCUT2D eigenvalue weighted by Gasteiger charge is -2.53. The second-order valence-electron chi connectivity index (χ2n) is 6.92. The van der Waals surface area contributed by atoms with Crippen molar-refractivity contribution in [3.8, 4) is 0 Å². The number of aromatic nitrogens is 3. The monoisotopic (exact) mass is 278 g/mol. The number of rotatable bonds is 5. The average molecular weight is 278 g/mol. The lowest BCUT2D eigenvalue weighted by molar-refractivity contribution is -0.0546. The Labute approximate surface area is 121 Å². The predicted octanol–water partition coefficient (Wildman–Crippen LogP) is 1.66. The molecule has 2 aliphatic rings. The van der Waals surface area contributed by atoms with Crippen molar-refractivity contribution in [3.63, 3.8) is 0 Å². The fraction of sp³-hybridized carbons (Fsp3) is 0.867. The standard InChI is InChI=1S/C15H26N4O/c1-15(2)9-13(10-18-5-7-20-8-6-18)14(15)3-4-19-12-16-11-17-19/h11-14H,3-10H2,1-2H3/t13?,14-/m0/s1. The SMILES string of the molecule is CC1(C)CC(CN2CCOCC2)[C@@H]1CCn1cncn1. The van der Waals surface area contributed by atoms with Crippen LogP contribution in [-0.2, 0) is 11.3 Å². The van der Waals surface area contributed by atoms with Crippen LogP contribution in [0.15, 0.2) is 12.7 Å². The van der Waals surface area contributed by atoms with Crippen LogP contribution >= 0.6 is 0 Å². The summed E-state index contributed by atoms with van der Waals surface area (Å²) in [7, 11) is 0. The Morgan fingerprint density at radius 1 is 1.30 bits per heavy atom. The van der Waals surface area contributed by atoms with E-state index in [1.54, 1.807) is 6.33 Å². The number of ether oxygens (including phenoxy) is 1. The van der Waals surface area contributed by atoms with E-state index in [2.05, 4.69) is 28.8 Å². The number of morpholine rings is 1. The first-order chi connectivity index (χ1) is 9.65. The van der Waals surface area contributed by atoms with Gasteiger partial charge in [-0.1, -0.05) is 13.8 Å². The Morgan fingerprint density at radius 2 is 2.10 bits per heavy atom. The van der Waals surface area contributed by atoms with E-state index in [0.717, 1.165) is 44.7 Å². The van der Waals surface area contributed by atoms with Crippen LogP contribution in [0.25, 0.3) is 0 Å². The third kappa shape index (κ3) is 3.04. The van der Waals surface area contributed by atoms with E-state index in [1.165, 1.54) is 19.4 Å². The highest BCUT2D eigenvalue weighted by Gasteiger charge is 2.46. The summed E-state index contributed by atoms with van der Waals surface area (Å²) in [5, 5.41) is 4.21. The summed E-state index contributed by atoms with van der Waals surface area (Å²) < 4.78 is 7.40. The van der Waals surface area contributed by atoms with Gasteiger partial charge in [0, 0.05) is 26.2 Å². The Balaban J connectivity index is 1.52. The maximum absolute atomic E-state index is 5.44. The molecule has 2 heterocycles. The van der Waals surface area contributed by atoms with Crippen LogP contribution in [0.1, 0.15) is 26.7 Å². The number of hydrogen-bond acceptors (Lipinski definition) is 4. The summed E-state index contributed by atoms with van der Waals surface area (Å²) >= 11 is 0. The molecular weight excluding hydrogens is 252 g/mol. The van der Waals surface area contributed by atoms with Gasteiger partial charge in [-0.2, -0.15) is 5.10 Å². The van der Waals surface area contributed by atoms with Crippen molar-refractivity contribution in [3.05, 3.63) is 12.7 Å². The lowest BCUT2D eigenvalue weighted by atomic mass is 9.54. The minimum absolute atomic E-state index is 0.484. The fourth-order valence-electron chi connectivity index (χ4n) is 4.00. The van der Waals surface area contributed by atoms with Crippen molar-refractivity contribution in [1.82, 2.24) is 19.7 Å². The van der Waals surface area contributed by atoms with E-state index < -0.39 is 0 Å². The molecule has 20 heavy (non-hydrogen) atoms. The van der Waals surface area contributed by atoms with Crippen LogP contribution in [0.2, 0.25) is 0 Å². The van der Waals surface area contributed by atoms with Gasteiger partial charge in [0.1, 0.15) is 12.7 Å². The molecule has 1 saturated heterocycles. The van der Waals surface area contributed by atoms with Crippen molar-refractivity contribution in [2.45, 2.75) is 33.2 Å². The molecule has 0 radical (unpaired) electrons. The van der Waals surface area contributed by atoms with Gasteiger partial charge in [-0.05, 0) is 30.1 Å². The molecule has 5 nitrogen and oxygen atoms in total. The maximum Gasteiger partial charge on any atom is 0.137 e. The molecule has 0 bridgehead atoms. The topological polar surface area (TPSA) is 43.2 Å². The van der Waals surface area contributed by atoms with Gasteiger partial charge in [-0.25, -0.2) is 4.98 Å². The predicted molar refractivity (Wildman–Crippen MR) is 77.3 cm³/mol. The molecule has 1 saturated carbocycles. The smallest absolute Gasteiger partial charge is 0.137 e. The van der Waals surface area contributed by atoms with Crippen molar-refractivity contribution in [1.29, 1.82) is 0 Å². The third-order valence-corrected chi connectivity index (χ3v) is 5.09. The highest BCUT2D eigenvalue weighted by molar-refractivity contribution is 4.96. The molecule has 0 aromatic carbocycles. The number of aryl methyl sites for hydroxylation is 1. The van der Waals surface area contributed by atoms with Crippen LogP contribution < -0.4 is 0 Å². The van der Waals surface area contributed by atoms with Gasteiger partial charge in [-0.15, -0.1) is 0 Å². The Bertz CT molecular complexity index is 412. The molecule has 1 aromatic heterocycles. The zero-order valence-corrected chi connectivity index (χ0v) is 12.7. The van der Waals surface area contributed by atoms with Crippen molar-refractivity contribution < 1.29 is 4.74 Å². The van der Waals surface area contributed by atoms with Gasteiger partial charge in [0.25, 0.3) is 0 Å². The van der Waals surface area contributed by atoms with Gasteiger partial charge in [-0.3, -0.25) is 9.58 Å². The summed E-state index contributed by atoms with van der Waals surface area (Å²) in [5.74, 6) is 1.64. The molecule has 2 fully saturated rings. The second kappa shape index (κ2) is 5.82. The zero-order valence-electron chi connectivity index (χ0n) is 12.7. The first-order valence-corrected chi connectivity index (χ1v) is 7.78. The lowest BCUT2D eigenvalue weighted by Crippen LogP contribution is -2.51. The van der Waals surface area contributed by atoms with Crippen molar-refractivity contribution in [2.75, 3.05) is 32.8 Å². The van der Waals surface area contributed by atoms with Gasteiger partial charge >= 0.3 is 0 Å². The number of nitrogens with zero attached hydrogens (tertiary/aromatic N) is 4. The van der Waals surface area contributed by atoms with E-state index in [9.17, 15) is 0 Å². The second-order valence-corrected chi connectivity index (χ2v) is 6.92. The summed E-state index contributed by atoms with van der Waals surface area (Å²) in [5.41, 5.74) is 0.484. The zero-order chi connectivity index (χ0) is 14.0. The Hall–Kier alpha value is -0.940. The van der Waals surface area contributed by atoms with Gasteiger partial charge < -0.3 is 4.74 Å². The fourth-order valence-corrected chi connectivity index (χ4v) is 4.00. The van der Waals surface area contributed by atoms with E-state index in [4.69, 9.17) is 4.74 Å². The Morgan fingerprint density at radius 3 is 2.75 bits per heavy atom. The summed E-state index contributed by atoms with van der Waals surface area (Å²) in [6, 6.07) is 0. The largest absolute Gasteiger partial charge is 0.379 e. The molecule has 0 N–H and O–H groups in total. The summed E-state index contributed by atoms with van der Waals surface area (Å²) in [4.78, 5) is 6.60. The van der Waals surface area contributed by atoms with Crippen LogP contribution in [0.5, 0.6) is 0 Å². The highest BCUT2D eigenvalue weighted by Crippen LogP contribution is 2.52. The first-order valence-electron chi connectivity index (χ1n) is 7.78. The van der Waals surface area contributed by atoms with Gasteiger partial charge in [0.15, 0.2) is 0 Å². The molecule has 3 rings (SSSR count). The van der Waals surface area contributed by atoms with Crippen LogP contribution in [-0.4, -0.2) is 52.5 Å². The third-order valence-electron chi connectivity index (χ3n) is 5.09. The molecule has 0 amide bonds. The molecule has 1 aromatic rings. The van der Waals surface area contributed by atoms with E-state index in [1.807, 2.05) is 11.0 Å². The van der Waals surface area contributed by atoms with Crippen LogP contribution in [0, 0.1) is 17.3 Å². The summed E-state index contributed by atoms with van der Waals surface area (Å²) in [6.07, 6.45) is 6.01. The maximum atomic E-state index is 5.44. The van der Waals surface area contributed by atoms with E-state index >= 15 is 0 Å².